The second-order valence-corrected chi connectivity index (χ2v) is 10.3. The lowest BCUT2D eigenvalue weighted by Crippen LogP contribution is -2.31. The van der Waals surface area contributed by atoms with Gasteiger partial charge in [0, 0.05) is 43.2 Å². The highest BCUT2D eigenvalue weighted by molar-refractivity contribution is 7.90. The van der Waals surface area contributed by atoms with Crippen molar-refractivity contribution in [3.05, 3.63) is 78.1 Å². The largest absolute Gasteiger partial charge is 0.396 e. The Kier molecular flexibility index (Phi) is 7.38. The maximum atomic E-state index is 13.4. The van der Waals surface area contributed by atoms with Crippen LogP contribution in [0.3, 0.4) is 0 Å². The van der Waals surface area contributed by atoms with Crippen LogP contribution in [0.1, 0.15) is 28.4 Å². The van der Waals surface area contributed by atoms with E-state index in [0.717, 1.165) is 6.26 Å². The van der Waals surface area contributed by atoms with Crippen molar-refractivity contribution in [2.45, 2.75) is 17.5 Å². The molecule has 0 aliphatic carbocycles. The maximum absolute atomic E-state index is 13.4. The molecule has 4 rings (SSSR count). The van der Waals surface area contributed by atoms with E-state index >= 15 is 0 Å². The summed E-state index contributed by atoms with van der Waals surface area (Å²) in [6.45, 7) is -0.650. The zero-order valence-corrected chi connectivity index (χ0v) is 20.1. The number of nitrogens with one attached hydrogen (secondary N) is 1. The quantitative estimate of drug-likeness (QED) is 0.307. The van der Waals surface area contributed by atoms with E-state index in [1.54, 1.807) is 18.2 Å². The Morgan fingerprint density at radius 2 is 1.83 bits per heavy atom. The molecule has 188 valence electrons. The number of fused-ring (bicyclic) bond motifs is 1. The van der Waals surface area contributed by atoms with Crippen molar-refractivity contribution in [2.75, 3.05) is 19.5 Å². The molecule has 4 aromatic rings. The number of halogens is 1. The van der Waals surface area contributed by atoms with Crippen LogP contribution in [-0.2, 0) is 9.84 Å². The van der Waals surface area contributed by atoms with E-state index in [-0.39, 0.29) is 30.2 Å². The molecule has 0 unspecified atom stereocenters. The fourth-order valence-electron chi connectivity index (χ4n) is 3.81. The molecular formula is C24H24FN5O5S. The zero-order chi connectivity index (χ0) is 25.9. The van der Waals surface area contributed by atoms with E-state index in [4.69, 9.17) is 0 Å². The standard InChI is InChI=1S/C24H24FN5O5S/c1-36(34,35)23-9-16(6-7-27-23)21(8-15(13-31)14-32)29-24(33)20-10-26-12-22-19(20)11-28-30(22)18-4-2-17(25)3-5-18/h2-7,9-12,15,21,31-32H,8,13-14H2,1H3,(H,29,33)/t21-/m0/s1. The van der Waals surface area contributed by atoms with Crippen molar-refractivity contribution < 1.29 is 27.8 Å². The van der Waals surface area contributed by atoms with Gasteiger partial charge < -0.3 is 15.5 Å². The fraction of sp³-hybridized carbons (Fsp3) is 0.250. The van der Waals surface area contributed by atoms with E-state index in [2.05, 4.69) is 20.4 Å². The Balaban J connectivity index is 1.70. The molecule has 3 heterocycles. The normalized spacial score (nSPS) is 12.7. The third-order valence-corrected chi connectivity index (χ3v) is 6.73. The van der Waals surface area contributed by atoms with Crippen LogP contribution in [0.2, 0.25) is 0 Å². The Hall–Kier alpha value is -3.74. The smallest absolute Gasteiger partial charge is 0.254 e. The second kappa shape index (κ2) is 10.5. The number of aromatic nitrogens is 4. The molecule has 36 heavy (non-hydrogen) atoms. The number of aliphatic hydroxyl groups is 2. The predicted molar refractivity (Wildman–Crippen MR) is 129 cm³/mol. The summed E-state index contributed by atoms with van der Waals surface area (Å²) in [4.78, 5) is 21.4. The van der Waals surface area contributed by atoms with Crippen molar-refractivity contribution in [1.29, 1.82) is 0 Å². The summed E-state index contributed by atoms with van der Waals surface area (Å²) in [6, 6.07) is 7.89. The van der Waals surface area contributed by atoms with E-state index in [9.17, 15) is 27.8 Å². The average Bonchev–Trinajstić information content (AvgIpc) is 3.31. The Bertz CT molecular complexity index is 1490. The Morgan fingerprint density at radius 1 is 1.11 bits per heavy atom. The summed E-state index contributed by atoms with van der Waals surface area (Å²) in [5.41, 5.74) is 1.78. The average molecular weight is 514 g/mol. The van der Waals surface area contributed by atoms with Gasteiger partial charge >= 0.3 is 0 Å². The summed E-state index contributed by atoms with van der Waals surface area (Å²) in [7, 11) is -3.60. The number of nitrogens with zero attached hydrogens (tertiary/aromatic N) is 4. The number of aliphatic hydroxyl groups excluding tert-OH is 2. The molecule has 3 N–H and O–H groups in total. The van der Waals surface area contributed by atoms with Gasteiger partial charge in [0.05, 0.1) is 35.2 Å². The van der Waals surface area contributed by atoms with Crippen LogP contribution in [0.5, 0.6) is 0 Å². The van der Waals surface area contributed by atoms with Crippen LogP contribution in [0.25, 0.3) is 16.6 Å². The number of hydrogen-bond acceptors (Lipinski definition) is 8. The third-order valence-electron chi connectivity index (χ3n) is 5.74. The summed E-state index contributed by atoms with van der Waals surface area (Å²) in [6.07, 6.45) is 6.92. The van der Waals surface area contributed by atoms with Gasteiger partial charge in [-0.15, -0.1) is 0 Å². The number of pyridine rings is 2. The van der Waals surface area contributed by atoms with E-state index in [0.29, 0.717) is 22.2 Å². The van der Waals surface area contributed by atoms with Gasteiger partial charge in [0.1, 0.15) is 5.82 Å². The number of rotatable bonds is 9. The molecular weight excluding hydrogens is 489 g/mol. The number of hydrogen-bond donors (Lipinski definition) is 3. The van der Waals surface area contributed by atoms with Crippen molar-refractivity contribution in [2.24, 2.45) is 5.92 Å². The van der Waals surface area contributed by atoms with Crippen LogP contribution < -0.4 is 5.32 Å². The van der Waals surface area contributed by atoms with Crippen molar-refractivity contribution in [1.82, 2.24) is 25.1 Å². The molecule has 0 bridgehead atoms. The molecule has 1 amide bonds. The van der Waals surface area contributed by atoms with E-state index in [1.807, 2.05) is 0 Å². The van der Waals surface area contributed by atoms with Crippen LogP contribution >= 0.6 is 0 Å². The monoisotopic (exact) mass is 513 g/mol. The molecule has 0 radical (unpaired) electrons. The van der Waals surface area contributed by atoms with Crippen LogP contribution in [-0.4, -0.2) is 63.8 Å². The van der Waals surface area contributed by atoms with Crippen molar-refractivity contribution >= 4 is 26.6 Å². The summed E-state index contributed by atoms with van der Waals surface area (Å²) in [5.74, 6) is -1.46. The number of carbonyl (C=O) groups excluding carboxylic acids is 1. The molecule has 0 saturated carbocycles. The molecule has 0 saturated heterocycles. The lowest BCUT2D eigenvalue weighted by Gasteiger charge is -2.23. The summed E-state index contributed by atoms with van der Waals surface area (Å²) < 4.78 is 38.9. The van der Waals surface area contributed by atoms with Crippen LogP contribution in [0.15, 0.2) is 66.2 Å². The van der Waals surface area contributed by atoms with Gasteiger partial charge in [-0.05, 0) is 48.4 Å². The van der Waals surface area contributed by atoms with Crippen molar-refractivity contribution in [3.8, 4) is 5.69 Å². The first-order chi connectivity index (χ1) is 17.2. The lowest BCUT2D eigenvalue weighted by atomic mass is 9.95. The molecule has 1 atom stereocenters. The lowest BCUT2D eigenvalue weighted by molar-refractivity contribution is 0.0908. The van der Waals surface area contributed by atoms with Gasteiger partial charge in [-0.25, -0.2) is 22.5 Å². The van der Waals surface area contributed by atoms with Gasteiger partial charge in [0.25, 0.3) is 5.91 Å². The van der Waals surface area contributed by atoms with Gasteiger partial charge in [0.15, 0.2) is 14.9 Å². The number of sulfone groups is 1. The SMILES string of the molecule is CS(=O)(=O)c1cc([C@H](CC(CO)CO)NC(=O)c2cncc3c2cnn3-c2ccc(F)cc2)ccn1. The Labute approximate surface area is 206 Å². The van der Waals surface area contributed by atoms with Gasteiger partial charge in [-0.3, -0.25) is 9.78 Å². The first-order valence-corrected chi connectivity index (χ1v) is 12.9. The highest BCUT2D eigenvalue weighted by Crippen LogP contribution is 2.26. The predicted octanol–water partition coefficient (Wildman–Crippen LogP) is 1.82. The van der Waals surface area contributed by atoms with E-state index < -0.39 is 33.5 Å². The second-order valence-electron chi connectivity index (χ2n) is 8.35. The topological polar surface area (TPSA) is 147 Å². The highest BCUT2D eigenvalue weighted by atomic mass is 32.2. The Morgan fingerprint density at radius 3 is 2.50 bits per heavy atom. The van der Waals surface area contributed by atoms with Crippen LogP contribution in [0, 0.1) is 11.7 Å². The highest BCUT2D eigenvalue weighted by Gasteiger charge is 2.24. The molecule has 1 aromatic carbocycles. The minimum atomic E-state index is -3.60. The van der Waals surface area contributed by atoms with Crippen molar-refractivity contribution in [3.63, 3.8) is 0 Å². The molecule has 3 aromatic heterocycles. The minimum absolute atomic E-state index is 0.143. The zero-order valence-electron chi connectivity index (χ0n) is 19.2. The molecule has 0 spiro atoms. The van der Waals surface area contributed by atoms with Gasteiger partial charge in [-0.1, -0.05) is 0 Å². The van der Waals surface area contributed by atoms with Gasteiger partial charge in [-0.2, -0.15) is 5.10 Å². The summed E-state index contributed by atoms with van der Waals surface area (Å²) >= 11 is 0. The minimum Gasteiger partial charge on any atom is -0.396 e. The summed E-state index contributed by atoms with van der Waals surface area (Å²) in [5, 5.41) is 26.7. The van der Waals surface area contributed by atoms with Gasteiger partial charge in [0.2, 0.25) is 0 Å². The number of amides is 1. The molecule has 10 nitrogen and oxygen atoms in total. The molecule has 0 aliphatic rings. The third kappa shape index (κ3) is 5.40. The molecule has 0 fully saturated rings. The number of carbonyl (C=O) groups is 1. The van der Waals surface area contributed by atoms with E-state index in [1.165, 1.54) is 47.7 Å². The molecule has 0 aliphatic heterocycles. The molecule has 12 heteroatoms. The first kappa shape index (κ1) is 25.4. The number of benzene rings is 1. The first-order valence-electron chi connectivity index (χ1n) is 11.0. The maximum Gasteiger partial charge on any atom is 0.254 e. The fourth-order valence-corrected chi connectivity index (χ4v) is 4.41. The van der Waals surface area contributed by atoms with Crippen LogP contribution in [0.4, 0.5) is 4.39 Å².